The van der Waals surface area contributed by atoms with Crippen LogP contribution in [-0.2, 0) is 6.42 Å². The molecule has 0 radical (unpaired) electrons. The molecule has 132 valence electrons. The molecule has 0 saturated carbocycles. The number of nitrogens with zero attached hydrogens (tertiary/aromatic N) is 1. The largest absolute Gasteiger partial charge is 0.496 e. The first-order valence-electron chi connectivity index (χ1n) is 9.24. The number of ether oxygens (including phenoxy) is 1. The lowest BCUT2D eigenvalue weighted by molar-refractivity contribution is 0.323. The third-order valence-electron chi connectivity index (χ3n) is 5.19. The summed E-state index contributed by atoms with van der Waals surface area (Å²) >= 11 is 0. The average Bonchev–Trinajstić information content (AvgIpc) is 2.64. The van der Waals surface area contributed by atoms with Gasteiger partial charge < -0.3 is 4.74 Å². The normalized spacial score (nSPS) is 16.2. The van der Waals surface area contributed by atoms with Crippen LogP contribution in [0.1, 0.15) is 42.9 Å². The zero-order chi connectivity index (χ0) is 17.6. The molecule has 0 heterocycles. The van der Waals surface area contributed by atoms with Gasteiger partial charge in [0.2, 0.25) is 0 Å². The summed E-state index contributed by atoms with van der Waals surface area (Å²) in [5.41, 5.74) is 5.89. The van der Waals surface area contributed by atoms with Crippen LogP contribution < -0.4 is 4.74 Å². The molecule has 2 aromatic carbocycles. The van der Waals surface area contributed by atoms with Crippen LogP contribution in [0, 0.1) is 0 Å². The van der Waals surface area contributed by atoms with E-state index in [4.69, 9.17) is 4.74 Å². The van der Waals surface area contributed by atoms with Gasteiger partial charge in [-0.2, -0.15) is 0 Å². The van der Waals surface area contributed by atoms with Crippen molar-refractivity contribution in [1.29, 1.82) is 0 Å². The molecule has 2 aromatic rings. The molecule has 0 spiro atoms. The molecule has 0 saturated heterocycles. The smallest absolute Gasteiger partial charge is 0.122 e. The SMILES string of the molecule is COc1ccccc1CC1=C(C(c2ccccc2)N(C)C)CCCC1. The number of hydrogen-bond donors (Lipinski definition) is 0. The molecule has 0 amide bonds. The Balaban J connectivity index is 1.99. The molecular weight excluding hydrogens is 306 g/mol. The van der Waals surface area contributed by atoms with Crippen molar-refractivity contribution in [1.82, 2.24) is 4.90 Å². The molecule has 3 rings (SSSR count). The lowest BCUT2D eigenvalue weighted by Gasteiger charge is -2.33. The maximum Gasteiger partial charge on any atom is 0.122 e. The molecule has 1 unspecified atom stereocenters. The number of likely N-dealkylation sites (N-methyl/N-ethyl adjacent to an activating group) is 1. The van der Waals surface area contributed by atoms with Crippen molar-refractivity contribution in [3.63, 3.8) is 0 Å². The van der Waals surface area contributed by atoms with Gasteiger partial charge in [-0.05, 0) is 69.0 Å². The standard InChI is InChI=1S/C23H29NO/c1-24(2)23(18-11-5-4-6-12-18)21-15-9-7-13-19(21)17-20-14-8-10-16-22(20)25-3/h4-6,8,10-12,14,16,23H,7,9,13,15,17H2,1-3H3. The number of para-hydroxylation sites is 1. The molecule has 25 heavy (non-hydrogen) atoms. The van der Waals surface area contributed by atoms with Crippen LogP contribution in [-0.4, -0.2) is 26.1 Å². The van der Waals surface area contributed by atoms with E-state index in [1.165, 1.54) is 36.8 Å². The van der Waals surface area contributed by atoms with Gasteiger partial charge >= 0.3 is 0 Å². The van der Waals surface area contributed by atoms with Crippen molar-refractivity contribution in [2.24, 2.45) is 0 Å². The average molecular weight is 335 g/mol. The van der Waals surface area contributed by atoms with Crippen LogP contribution in [0.4, 0.5) is 0 Å². The van der Waals surface area contributed by atoms with Crippen molar-refractivity contribution in [3.05, 3.63) is 76.9 Å². The van der Waals surface area contributed by atoms with E-state index >= 15 is 0 Å². The van der Waals surface area contributed by atoms with Crippen molar-refractivity contribution in [2.75, 3.05) is 21.2 Å². The molecule has 0 fully saturated rings. The van der Waals surface area contributed by atoms with Crippen LogP contribution in [0.3, 0.4) is 0 Å². The third-order valence-corrected chi connectivity index (χ3v) is 5.19. The van der Waals surface area contributed by atoms with Crippen LogP contribution in [0.5, 0.6) is 5.75 Å². The molecule has 2 nitrogen and oxygen atoms in total. The Kier molecular flexibility index (Phi) is 5.93. The highest BCUT2D eigenvalue weighted by Gasteiger charge is 2.24. The third kappa shape index (κ3) is 4.13. The number of hydrogen-bond acceptors (Lipinski definition) is 2. The molecule has 0 N–H and O–H groups in total. The summed E-state index contributed by atoms with van der Waals surface area (Å²) in [4.78, 5) is 2.36. The summed E-state index contributed by atoms with van der Waals surface area (Å²) in [6.07, 6.45) is 5.98. The number of allylic oxidation sites excluding steroid dienone is 1. The van der Waals surface area contributed by atoms with E-state index in [-0.39, 0.29) is 0 Å². The van der Waals surface area contributed by atoms with Crippen molar-refractivity contribution < 1.29 is 4.74 Å². The van der Waals surface area contributed by atoms with Crippen LogP contribution in [0.2, 0.25) is 0 Å². The summed E-state index contributed by atoms with van der Waals surface area (Å²) < 4.78 is 5.58. The number of methoxy groups -OCH3 is 1. The topological polar surface area (TPSA) is 12.5 Å². The van der Waals surface area contributed by atoms with E-state index in [9.17, 15) is 0 Å². The second kappa shape index (κ2) is 8.35. The van der Waals surface area contributed by atoms with Crippen LogP contribution in [0.25, 0.3) is 0 Å². The van der Waals surface area contributed by atoms with Gasteiger partial charge in [0.05, 0.1) is 13.2 Å². The van der Waals surface area contributed by atoms with Gasteiger partial charge in [-0.15, -0.1) is 0 Å². The summed E-state index contributed by atoms with van der Waals surface area (Å²) in [6, 6.07) is 19.7. The van der Waals surface area contributed by atoms with Gasteiger partial charge in [-0.3, -0.25) is 4.90 Å². The lowest BCUT2D eigenvalue weighted by atomic mass is 9.81. The zero-order valence-corrected chi connectivity index (χ0v) is 15.7. The van der Waals surface area contributed by atoms with E-state index in [0.29, 0.717) is 6.04 Å². The maximum atomic E-state index is 5.58. The van der Waals surface area contributed by atoms with Crippen molar-refractivity contribution >= 4 is 0 Å². The molecule has 0 aromatic heterocycles. The second-order valence-corrected chi connectivity index (χ2v) is 7.10. The fraction of sp³-hybridized carbons (Fsp3) is 0.391. The zero-order valence-electron chi connectivity index (χ0n) is 15.7. The van der Waals surface area contributed by atoms with Gasteiger partial charge in [-0.1, -0.05) is 54.1 Å². The fourth-order valence-electron chi connectivity index (χ4n) is 4.05. The Hall–Kier alpha value is -2.06. The Labute approximate surface area is 152 Å². The quantitative estimate of drug-likeness (QED) is 0.654. The molecule has 2 heteroatoms. The van der Waals surface area contributed by atoms with Gasteiger partial charge in [0.1, 0.15) is 5.75 Å². The van der Waals surface area contributed by atoms with E-state index in [0.717, 1.165) is 12.2 Å². The molecule has 1 aliphatic carbocycles. The fourth-order valence-corrected chi connectivity index (χ4v) is 4.05. The highest BCUT2D eigenvalue weighted by atomic mass is 16.5. The minimum atomic E-state index is 0.367. The highest BCUT2D eigenvalue weighted by Crippen LogP contribution is 2.38. The predicted molar refractivity (Wildman–Crippen MR) is 105 cm³/mol. The van der Waals surface area contributed by atoms with Gasteiger partial charge in [0.15, 0.2) is 0 Å². The Bertz CT molecular complexity index is 718. The van der Waals surface area contributed by atoms with Gasteiger partial charge in [0, 0.05) is 0 Å². The van der Waals surface area contributed by atoms with E-state index in [1.807, 2.05) is 6.07 Å². The molecular formula is C23H29NO. The van der Waals surface area contributed by atoms with Crippen molar-refractivity contribution in [3.8, 4) is 5.75 Å². The van der Waals surface area contributed by atoms with Crippen LogP contribution >= 0.6 is 0 Å². The number of benzene rings is 2. The molecule has 1 atom stereocenters. The van der Waals surface area contributed by atoms with Crippen molar-refractivity contribution in [2.45, 2.75) is 38.1 Å². The van der Waals surface area contributed by atoms with E-state index < -0.39 is 0 Å². The highest BCUT2D eigenvalue weighted by molar-refractivity contribution is 5.40. The lowest BCUT2D eigenvalue weighted by Crippen LogP contribution is -2.24. The van der Waals surface area contributed by atoms with Gasteiger partial charge in [0.25, 0.3) is 0 Å². The van der Waals surface area contributed by atoms with E-state index in [1.54, 1.807) is 18.3 Å². The van der Waals surface area contributed by atoms with E-state index in [2.05, 4.69) is 67.5 Å². The maximum absolute atomic E-state index is 5.58. The second-order valence-electron chi connectivity index (χ2n) is 7.10. The minimum absolute atomic E-state index is 0.367. The molecule has 1 aliphatic rings. The first kappa shape index (κ1) is 17.8. The minimum Gasteiger partial charge on any atom is -0.496 e. The summed E-state index contributed by atoms with van der Waals surface area (Å²) in [5, 5.41) is 0. The summed E-state index contributed by atoms with van der Waals surface area (Å²) in [7, 11) is 6.15. The monoisotopic (exact) mass is 335 g/mol. The Morgan fingerprint density at radius 2 is 1.60 bits per heavy atom. The summed E-state index contributed by atoms with van der Waals surface area (Å²) in [5.74, 6) is 1.00. The van der Waals surface area contributed by atoms with Gasteiger partial charge in [-0.25, -0.2) is 0 Å². The first-order chi connectivity index (χ1) is 12.2. The Morgan fingerprint density at radius 3 is 2.32 bits per heavy atom. The summed E-state index contributed by atoms with van der Waals surface area (Å²) in [6.45, 7) is 0. The molecule has 0 bridgehead atoms. The number of rotatable bonds is 6. The Morgan fingerprint density at radius 1 is 0.920 bits per heavy atom. The molecule has 0 aliphatic heterocycles. The first-order valence-corrected chi connectivity index (χ1v) is 9.24. The van der Waals surface area contributed by atoms with Crippen LogP contribution in [0.15, 0.2) is 65.7 Å². The predicted octanol–water partition coefficient (Wildman–Crippen LogP) is 5.41.